The van der Waals surface area contributed by atoms with Crippen molar-refractivity contribution in [3.63, 3.8) is 0 Å². The average Bonchev–Trinajstić information content (AvgIpc) is 2.55. The smallest absolute Gasteiger partial charge is 0.315 e. The minimum atomic E-state index is -1.21. The third-order valence-electron chi connectivity index (χ3n) is 4.21. The van der Waals surface area contributed by atoms with Gasteiger partial charge in [-0.05, 0) is 27.7 Å². The Balaban J connectivity index is 2.72. The summed E-state index contributed by atoms with van der Waals surface area (Å²) in [6.07, 6.45) is -0.0918. The lowest BCUT2D eigenvalue weighted by Gasteiger charge is -2.38. The van der Waals surface area contributed by atoms with Crippen LogP contribution >= 0.6 is 0 Å². The second-order valence-corrected chi connectivity index (χ2v) is 6.20. The van der Waals surface area contributed by atoms with E-state index in [-0.39, 0.29) is 12.3 Å². The molecule has 1 aliphatic rings. The normalized spacial score (nSPS) is 19.7. The summed E-state index contributed by atoms with van der Waals surface area (Å²) in [5.74, 6) is -1.90. The molecule has 0 aromatic carbocycles. The van der Waals surface area contributed by atoms with Crippen LogP contribution in [0, 0.1) is 5.41 Å². The highest BCUT2D eigenvalue weighted by molar-refractivity contribution is 6.06. The SMILES string of the molecule is CN1C(=O)CC(NC(=O)NC(C)(C)C(C)(C)C(=O)O)C1=O. The van der Waals surface area contributed by atoms with E-state index in [0.717, 1.165) is 4.90 Å². The highest BCUT2D eigenvalue weighted by Gasteiger charge is 2.45. The number of imide groups is 1. The van der Waals surface area contributed by atoms with E-state index in [0.29, 0.717) is 0 Å². The van der Waals surface area contributed by atoms with Crippen LogP contribution < -0.4 is 10.6 Å². The van der Waals surface area contributed by atoms with Crippen LogP contribution in [0.1, 0.15) is 34.1 Å². The predicted molar refractivity (Wildman–Crippen MR) is 73.3 cm³/mol. The summed E-state index contributed by atoms with van der Waals surface area (Å²) in [5, 5.41) is 14.2. The molecule has 4 amide bonds. The van der Waals surface area contributed by atoms with Crippen molar-refractivity contribution in [3.8, 4) is 0 Å². The van der Waals surface area contributed by atoms with Crippen molar-refractivity contribution >= 4 is 23.8 Å². The molecule has 0 aromatic rings. The van der Waals surface area contributed by atoms with Gasteiger partial charge in [0.15, 0.2) is 0 Å². The molecule has 0 aliphatic carbocycles. The molecule has 1 atom stereocenters. The second-order valence-electron chi connectivity index (χ2n) is 6.20. The number of carboxylic acids is 1. The third-order valence-corrected chi connectivity index (χ3v) is 4.21. The molecule has 8 nitrogen and oxygen atoms in total. The van der Waals surface area contributed by atoms with Crippen LogP contribution in [0.2, 0.25) is 0 Å². The average molecular weight is 299 g/mol. The zero-order valence-corrected chi connectivity index (χ0v) is 12.8. The Bertz CT molecular complexity index is 498. The van der Waals surface area contributed by atoms with Gasteiger partial charge in [0.05, 0.1) is 17.4 Å². The lowest BCUT2D eigenvalue weighted by atomic mass is 9.74. The number of amides is 4. The Labute approximate surface area is 122 Å². The van der Waals surface area contributed by atoms with Gasteiger partial charge in [-0.15, -0.1) is 0 Å². The zero-order valence-electron chi connectivity index (χ0n) is 12.8. The predicted octanol–water partition coefficient (Wildman–Crippen LogP) is -0.0677. The first-order valence-corrected chi connectivity index (χ1v) is 6.52. The number of nitrogens with one attached hydrogen (secondary N) is 2. The summed E-state index contributed by atoms with van der Waals surface area (Å²) in [6.45, 7) is 6.14. The maximum Gasteiger partial charge on any atom is 0.315 e. The van der Waals surface area contributed by atoms with Crippen LogP contribution in [0.25, 0.3) is 0 Å². The van der Waals surface area contributed by atoms with Gasteiger partial charge in [-0.3, -0.25) is 19.3 Å². The Morgan fingerprint density at radius 1 is 1.24 bits per heavy atom. The number of carboxylic acid groups (broad SMARTS) is 1. The molecule has 0 radical (unpaired) electrons. The van der Waals surface area contributed by atoms with E-state index >= 15 is 0 Å². The van der Waals surface area contributed by atoms with Crippen molar-refractivity contribution in [2.45, 2.75) is 45.7 Å². The molecule has 118 valence electrons. The van der Waals surface area contributed by atoms with E-state index in [2.05, 4.69) is 10.6 Å². The molecular formula is C13H21N3O5. The third kappa shape index (κ3) is 3.14. The van der Waals surface area contributed by atoms with Gasteiger partial charge in [0.25, 0.3) is 5.91 Å². The fourth-order valence-electron chi connectivity index (χ4n) is 1.77. The summed E-state index contributed by atoms with van der Waals surface area (Å²) >= 11 is 0. The lowest BCUT2D eigenvalue weighted by molar-refractivity contribution is -0.150. The molecule has 3 N–H and O–H groups in total. The van der Waals surface area contributed by atoms with Gasteiger partial charge in [0.1, 0.15) is 6.04 Å². The summed E-state index contributed by atoms with van der Waals surface area (Å²) in [5.41, 5.74) is -2.27. The summed E-state index contributed by atoms with van der Waals surface area (Å²) in [7, 11) is 1.35. The molecule has 1 heterocycles. The topological polar surface area (TPSA) is 116 Å². The van der Waals surface area contributed by atoms with Crippen LogP contribution in [-0.4, -0.2) is 52.4 Å². The largest absolute Gasteiger partial charge is 0.481 e. The van der Waals surface area contributed by atoms with Gasteiger partial charge in [-0.25, -0.2) is 4.79 Å². The number of carbonyl (C=O) groups excluding carboxylic acids is 3. The minimum absolute atomic E-state index is 0.0918. The van der Waals surface area contributed by atoms with Crippen molar-refractivity contribution in [1.29, 1.82) is 0 Å². The Morgan fingerprint density at radius 3 is 2.14 bits per heavy atom. The molecule has 0 spiro atoms. The molecular weight excluding hydrogens is 278 g/mol. The van der Waals surface area contributed by atoms with Crippen molar-refractivity contribution in [2.75, 3.05) is 7.05 Å². The standard InChI is InChI=1S/C13H21N3O5/c1-12(2,10(19)20)13(3,4)15-11(21)14-7-6-8(17)16(5)9(7)18/h7H,6H2,1-5H3,(H,19,20)(H2,14,15,21). The number of likely N-dealkylation sites (tertiary alicyclic amines) is 1. The molecule has 0 aromatic heterocycles. The summed E-state index contributed by atoms with van der Waals surface area (Å²) in [4.78, 5) is 47.2. The highest BCUT2D eigenvalue weighted by atomic mass is 16.4. The number of hydrogen-bond donors (Lipinski definition) is 3. The minimum Gasteiger partial charge on any atom is -0.481 e. The highest BCUT2D eigenvalue weighted by Crippen LogP contribution is 2.30. The maximum absolute atomic E-state index is 11.9. The summed E-state index contributed by atoms with van der Waals surface area (Å²) in [6, 6.07) is -1.60. The van der Waals surface area contributed by atoms with Gasteiger partial charge in [-0.2, -0.15) is 0 Å². The van der Waals surface area contributed by atoms with Gasteiger partial charge in [0, 0.05) is 7.05 Å². The molecule has 0 bridgehead atoms. The van der Waals surface area contributed by atoms with Gasteiger partial charge in [0.2, 0.25) is 5.91 Å². The molecule has 1 saturated heterocycles. The molecule has 1 fully saturated rings. The van der Waals surface area contributed by atoms with Crippen molar-refractivity contribution < 1.29 is 24.3 Å². The van der Waals surface area contributed by atoms with Gasteiger partial charge < -0.3 is 15.7 Å². The number of urea groups is 1. The number of aliphatic carboxylic acids is 1. The first kappa shape index (κ1) is 16.9. The van der Waals surface area contributed by atoms with Gasteiger partial charge >= 0.3 is 12.0 Å². The van der Waals surface area contributed by atoms with Crippen molar-refractivity contribution in [2.24, 2.45) is 5.41 Å². The zero-order chi connectivity index (χ0) is 16.6. The van der Waals surface area contributed by atoms with Crippen molar-refractivity contribution in [1.82, 2.24) is 15.5 Å². The molecule has 1 rings (SSSR count). The van der Waals surface area contributed by atoms with Crippen LogP contribution in [0.3, 0.4) is 0 Å². The number of carbonyl (C=O) groups is 4. The van der Waals surface area contributed by atoms with E-state index in [9.17, 15) is 24.3 Å². The van der Waals surface area contributed by atoms with E-state index in [1.807, 2.05) is 0 Å². The first-order chi connectivity index (χ1) is 9.40. The molecule has 21 heavy (non-hydrogen) atoms. The maximum atomic E-state index is 11.9. The first-order valence-electron chi connectivity index (χ1n) is 6.52. The van der Waals surface area contributed by atoms with Gasteiger partial charge in [-0.1, -0.05) is 0 Å². The fourth-order valence-corrected chi connectivity index (χ4v) is 1.77. The lowest BCUT2D eigenvalue weighted by Crippen LogP contribution is -2.60. The van der Waals surface area contributed by atoms with E-state index in [1.165, 1.54) is 20.9 Å². The van der Waals surface area contributed by atoms with E-state index in [1.54, 1.807) is 13.8 Å². The second kappa shape index (κ2) is 5.34. The van der Waals surface area contributed by atoms with Crippen LogP contribution in [-0.2, 0) is 14.4 Å². The number of rotatable bonds is 4. The molecule has 1 unspecified atom stereocenters. The molecule has 8 heteroatoms. The van der Waals surface area contributed by atoms with E-state index < -0.39 is 34.9 Å². The Morgan fingerprint density at radius 2 is 1.76 bits per heavy atom. The van der Waals surface area contributed by atoms with E-state index in [4.69, 9.17) is 0 Å². The van der Waals surface area contributed by atoms with Crippen LogP contribution in [0.5, 0.6) is 0 Å². The number of likely N-dealkylation sites (N-methyl/N-ethyl adjacent to an activating group) is 1. The number of hydrogen-bond acceptors (Lipinski definition) is 4. The Hall–Kier alpha value is -2.12. The molecule has 1 aliphatic heterocycles. The van der Waals surface area contributed by atoms with Crippen LogP contribution in [0.4, 0.5) is 4.79 Å². The Kier molecular flexibility index (Phi) is 4.31. The quantitative estimate of drug-likeness (QED) is 0.629. The van der Waals surface area contributed by atoms with Crippen molar-refractivity contribution in [3.05, 3.63) is 0 Å². The monoisotopic (exact) mass is 299 g/mol. The fraction of sp³-hybridized carbons (Fsp3) is 0.692. The molecule has 0 saturated carbocycles. The number of nitrogens with zero attached hydrogens (tertiary/aromatic N) is 1. The van der Waals surface area contributed by atoms with Crippen LogP contribution in [0.15, 0.2) is 0 Å². The summed E-state index contributed by atoms with van der Waals surface area (Å²) < 4.78 is 0.